The first-order valence-electron chi connectivity index (χ1n) is 20.3. The Kier molecular flexibility index (Phi) is 11.1. The Hall–Kier alpha value is -4.60. The van der Waals surface area contributed by atoms with Crippen molar-refractivity contribution in [1.82, 2.24) is 24.8 Å². The molecule has 2 saturated carbocycles. The van der Waals surface area contributed by atoms with Gasteiger partial charge in [0.25, 0.3) is 5.91 Å². The summed E-state index contributed by atoms with van der Waals surface area (Å²) in [6.45, 7) is 10.3. The van der Waals surface area contributed by atoms with Crippen molar-refractivity contribution < 1.29 is 46.9 Å². The van der Waals surface area contributed by atoms with Gasteiger partial charge in [-0.1, -0.05) is 39.8 Å². The second kappa shape index (κ2) is 15.6. The molecule has 3 fully saturated rings. The van der Waals surface area contributed by atoms with E-state index in [4.69, 9.17) is 14.2 Å². The average Bonchev–Trinajstić information content (AvgIpc) is 4.11. The Balaban J connectivity index is 1.28. The monoisotopic (exact) mass is 809 g/mol. The normalized spacial score (nSPS) is 29.3. The van der Waals surface area contributed by atoms with E-state index < -0.39 is 80.2 Å². The van der Waals surface area contributed by atoms with E-state index in [0.717, 1.165) is 11.8 Å². The largest absolute Gasteiger partial charge is 0.486 e. The number of nitrogens with one attached hydrogen (secondary N) is 2. The number of fused-ring (bicyclic) bond motifs is 5. The highest BCUT2D eigenvalue weighted by Gasteiger charge is 2.62. The summed E-state index contributed by atoms with van der Waals surface area (Å²) < 4.78 is 46.4. The van der Waals surface area contributed by atoms with Gasteiger partial charge in [0, 0.05) is 34.8 Å². The van der Waals surface area contributed by atoms with Crippen LogP contribution in [0.4, 0.5) is 4.79 Å². The molecule has 4 heterocycles. The van der Waals surface area contributed by atoms with Crippen LogP contribution >= 0.6 is 0 Å². The van der Waals surface area contributed by atoms with E-state index in [2.05, 4.69) is 21.9 Å². The minimum Gasteiger partial charge on any atom is -0.486 e. The van der Waals surface area contributed by atoms with Gasteiger partial charge in [0.1, 0.15) is 36.9 Å². The molecule has 15 nitrogen and oxygen atoms in total. The summed E-state index contributed by atoms with van der Waals surface area (Å²) in [4.78, 5) is 64.3. The van der Waals surface area contributed by atoms with Crippen LogP contribution in [0.25, 0.3) is 10.8 Å². The van der Waals surface area contributed by atoms with Gasteiger partial charge in [-0.15, -0.1) is 0 Å². The number of hydrogen-bond acceptors (Lipinski definition) is 10. The molecule has 310 valence electrons. The van der Waals surface area contributed by atoms with E-state index in [9.17, 15) is 27.9 Å². The fourth-order valence-electron chi connectivity index (χ4n) is 8.91. The zero-order valence-electron chi connectivity index (χ0n) is 33.4. The summed E-state index contributed by atoms with van der Waals surface area (Å²) in [5, 5.41) is 14.5. The number of ether oxygens (including phenoxy) is 3. The van der Waals surface area contributed by atoms with E-state index in [0.29, 0.717) is 68.6 Å². The standard InChI is InChI=1S/C41H55N5O10S/c1-6-40(5,7-2)46(39(50)51)33-25(4)20-24(3)10-8-9-11-26-22-41(26,38(49)44-57(52,53)28-12-13-28)43-35(47)31-21-27(23-45(31)37(33)48)56-36-30-14-15-32-34(55-19-18-54-32)29(30)16-17-42-36/h9,11,14-17,24-28,31,33H,6-8,10,12-13,18-23H2,1-5H3,(H,43,47)(H,44,49)(H,50,51)/t24-,25-,26-,27-,31+,33+,41-/m1/s1. The number of carbonyl (C=O) groups is 4. The lowest BCUT2D eigenvalue weighted by molar-refractivity contribution is -0.146. The quantitative estimate of drug-likeness (QED) is 0.296. The molecule has 4 amide bonds. The third-order valence-corrected chi connectivity index (χ3v) is 14.7. The predicted octanol–water partition coefficient (Wildman–Crippen LogP) is 4.78. The number of amides is 4. The van der Waals surface area contributed by atoms with Crippen molar-refractivity contribution in [2.24, 2.45) is 17.8 Å². The number of hydrogen-bond donors (Lipinski definition) is 3. The predicted molar refractivity (Wildman–Crippen MR) is 210 cm³/mol. The molecule has 0 spiro atoms. The zero-order chi connectivity index (χ0) is 40.9. The van der Waals surface area contributed by atoms with Crippen LogP contribution < -0.4 is 24.2 Å². The van der Waals surface area contributed by atoms with Crippen LogP contribution in [0.1, 0.15) is 92.4 Å². The van der Waals surface area contributed by atoms with Crippen molar-refractivity contribution >= 4 is 44.6 Å². The molecule has 16 heteroatoms. The van der Waals surface area contributed by atoms with Crippen LogP contribution in [-0.2, 0) is 24.4 Å². The molecule has 57 heavy (non-hydrogen) atoms. The molecule has 1 aromatic carbocycles. The van der Waals surface area contributed by atoms with Gasteiger partial charge in [-0.3, -0.25) is 24.0 Å². The van der Waals surface area contributed by atoms with Crippen molar-refractivity contribution in [3.05, 3.63) is 36.5 Å². The molecule has 7 atom stereocenters. The third-order valence-electron chi connectivity index (χ3n) is 12.9. The molecule has 0 unspecified atom stereocenters. The molecule has 1 aromatic heterocycles. The van der Waals surface area contributed by atoms with Gasteiger partial charge in [0.15, 0.2) is 11.5 Å². The summed E-state index contributed by atoms with van der Waals surface area (Å²) in [6, 6.07) is 3.07. The highest BCUT2D eigenvalue weighted by Crippen LogP contribution is 2.47. The Bertz CT molecular complexity index is 2050. The molecular weight excluding hydrogens is 755 g/mol. The van der Waals surface area contributed by atoms with Gasteiger partial charge in [-0.2, -0.15) is 0 Å². The average molecular weight is 810 g/mol. The lowest BCUT2D eigenvalue weighted by Crippen LogP contribution is -2.63. The smallest absolute Gasteiger partial charge is 0.408 e. The van der Waals surface area contributed by atoms with E-state index in [1.807, 2.05) is 45.9 Å². The summed E-state index contributed by atoms with van der Waals surface area (Å²) in [7, 11) is -3.93. The van der Waals surface area contributed by atoms with Crippen LogP contribution in [0.15, 0.2) is 36.5 Å². The third kappa shape index (κ3) is 7.85. The molecule has 7 rings (SSSR count). The van der Waals surface area contributed by atoms with E-state index in [1.165, 1.54) is 9.80 Å². The van der Waals surface area contributed by atoms with Gasteiger partial charge in [0.05, 0.1) is 11.8 Å². The molecule has 3 N–H and O–H groups in total. The maximum Gasteiger partial charge on any atom is 0.408 e. The van der Waals surface area contributed by atoms with Gasteiger partial charge >= 0.3 is 6.09 Å². The fourth-order valence-corrected chi connectivity index (χ4v) is 10.3. The van der Waals surface area contributed by atoms with Crippen LogP contribution in [0.5, 0.6) is 17.4 Å². The van der Waals surface area contributed by atoms with Crippen molar-refractivity contribution in [3.8, 4) is 17.4 Å². The van der Waals surface area contributed by atoms with Crippen LogP contribution in [-0.4, -0.2) is 106 Å². The fraction of sp³-hybridized carbons (Fsp3) is 0.634. The Morgan fingerprint density at radius 1 is 1.09 bits per heavy atom. The van der Waals surface area contributed by atoms with E-state index >= 15 is 4.79 Å². The highest BCUT2D eigenvalue weighted by molar-refractivity contribution is 7.91. The van der Waals surface area contributed by atoms with E-state index in [-0.39, 0.29) is 31.2 Å². The van der Waals surface area contributed by atoms with Crippen LogP contribution in [0, 0.1) is 17.8 Å². The molecule has 2 aliphatic carbocycles. The number of nitrogens with zero attached hydrogens (tertiary/aromatic N) is 3. The minimum atomic E-state index is -3.93. The second-order valence-corrected chi connectivity index (χ2v) is 18.8. The van der Waals surface area contributed by atoms with Gasteiger partial charge in [0.2, 0.25) is 27.7 Å². The molecule has 0 radical (unpaired) electrons. The van der Waals surface area contributed by atoms with Gasteiger partial charge in [-0.25, -0.2) is 18.2 Å². The zero-order valence-corrected chi connectivity index (χ0v) is 34.2. The summed E-state index contributed by atoms with van der Waals surface area (Å²) in [6.07, 6.45) is 7.37. The Morgan fingerprint density at radius 2 is 1.82 bits per heavy atom. The maximum absolute atomic E-state index is 15.3. The van der Waals surface area contributed by atoms with Gasteiger partial charge in [-0.05, 0) is 88.3 Å². The van der Waals surface area contributed by atoms with Crippen molar-refractivity contribution in [2.45, 2.75) is 127 Å². The summed E-state index contributed by atoms with van der Waals surface area (Å²) >= 11 is 0. The lowest BCUT2D eigenvalue weighted by atomic mass is 9.83. The first-order chi connectivity index (χ1) is 27.1. The Morgan fingerprint density at radius 3 is 2.53 bits per heavy atom. The van der Waals surface area contributed by atoms with Crippen LogP contribution in [0.2, 0.25) is 0 Å². The number of carboxylic acid groups (broad SMARTS) is 1. The first-order valence-corrected chi connectivity index (χ1v) is 21.9. The summed E-state index contributed by atoms with van der Waals surface area (Å²) in [5.41, 5.74) is -2.44. The number of aromatic nitrogens is 1. The SMILES string of the molecule is CCC(C)(CC)N(C(=O)O)[C@@H]1C(=O)N2C[C@H](Oc3nccc4c5c(ccc34)OCCO5)C[C@H]2C(=O)N[C@]2(C(=O)NS(=O)(=O)C3CC3)C[C@H]2C=CCC[C@@H](C)C[C@H]1C. The number of benzene rings is 1. The number of pyridine rings is 1. The van der Waals surface area contributed by atoms with Crippen molar-refractivity contribution in [3.63, 3.8) is 0 Å². The number of allylic oxidation sites excluding steroid dienone is 1. The van der Waals surface area contributed by atoms with Crippen LogP contribution in [0.3, 0.4) is 0 Å². The molecule has 3 aliphatic heterocycles. The lowest BCUT2D eigenvalue weighted by Gasteiger charge is -2.46. The number of rotatable bonds is 9. The highest BCUT2D eigenvalue weighted by atomic mass is 32.2. The molecule has 1 saturated heterocycles. The van der Waals surface area contributed by atoms with Crippen molar-refractivity contribution in [2.75, 3.05) is 19.8 Å². The first kappa shape index (κ1) is 40.6. The van der Waals surface area contributed by atoms with Gasteiger partial charge < -0.3 is 29.5 Å². The molecule has 0 bridgehead atoms. The minimum absolute atomic E-state index is 0.00215. The number of carbonyl (C=O) groups excluding carboxylic acids is 3. The maximum atomic E-state index is 15.3. The van der Waals surface area contributed by atoms with E-state index in [1.54, 1.807) is 18.3 Å². The second-order valence-electron chi connectivity index (χ2n) is 16.9. The Labute approximate surface area is 333 Å². The number of sulfonamides is 1. The van der Waals surface area contributed by atoms with Crippen molar-refractivity contribution in [1.29, 1.82) is 0 Å². The topological polar surface area (TPSA) is 194 Å². The summed E-state index contributed by atoms with van der Waals surface area (Å²) in [5.74, 6) is -1.35. The molecule has 2 aromatic rings. The molecular formula is C41H55N5O10S. The molecule has 5 aliphatic rings.